The van der Waals surface area contributed by atoms with Gasteiger partial charge in [-0.05, 0) is 46.6 Å². The summed E-state index contributed by atoms with van der Waals surface area (Å²) in [7, 11) is 1.41. The van der Waals surface area contributed by atoms with Gasteiger partial charge in [0.1, 0.15) is 0 Å². The van der Waals surface area contributed by atoms with E-state index in [4.69, 9.17) is 15.5 Å². The van der Waals surface area contributed by atoms with Gasteiger partial charge in [-0.15, -0.1) is 5.10 Å². The van der Waals surface area contributed by atoms with E-state index < -0.39 is 11.4 Å². The zero-order valence-electron chi connectivity index (χ0n) is 20.9. The number of nitrogen functional groups attached to an aromatic ring is 1. The van der Waals surface area contributed by atoms with Crippen LogP contribution in [0.5, 0.6) is 5.75 Å². The van der Waals surface area contributed by atoms with E-state index in [1.807, 2.05) is 20.0 Å². The molecule has 1 aliphatic heterocycles. The highest BCUT2D eigenvalue weighted by molar-refractivity contribution is 5.93. The van der Waals surface area contributed by atoms with E-state index in [1.54, 1.807) is 18.9 Å². The van der Waals surface area contributed by atoms with Crippen LogP contribution in [0.4, 0.5) is 10.3 Å². The summed E-state index contributed by atoms with van der Waals surface area (Å²) < 4.78 is 21.0. The molecule has 188 valence electrons. The molecule has 11 heteroatoms. The van der Waals surface area contributed by atoms with Crippen LogP contribution in [0.3, 0.4) is 0 Å². The van der Waals surface area contributed by atoms with Crippen LogP contribution in [-0.2, 0) is 0 Å². The zero-order valence-corrected chi connectivity index (χ0v) is 20.9. The number of ether oxygens (including phenoxy) is 1. The Balaban J connectivity index is 1.64. The maximum atomic E-state index is 14.4. The van der Waals surface area contributed by atoms with Gasteiger partial charge in [0, 0.05) is 49.1 Å². The Hall–Kier alpha value is -3.47. The first-order valence-electron chi connectivity index (χ1n) is 11.6. The average Bonchev–Trinajstić information content (AvgIpc) is 3.28. The average molecular weight is 485 g/mol. The number of methoxy groups -OCH3 is 1. The third-order valence-corrected chi connectivity index (χ3v) is 6.77. The number of piperidine rings is 1. The molecule has 0 amide bonds. The molecule has 1 saturated heterocycles. The summed E-state index contributed by atoms with van der Waals surface area (Å²) >= 11 is 0. The van der Waals surface area contributed by atoms with Crippen molar-refractivity contribution in [1.82, 2.24) is 29.5 Å². The number of aromatic nitrogens is 4. The van der Waals surface area contributed by atoms with E-state index in [9.17, 15) is 9.50 Å². The van der Waals surface area contributed by atoms with E-state index in [2.05, 4.69) is 26.8 Å². The van der Waals surface area contributed by atoms with Crippen molar-refractivity contribution in [1.29, 1.82) is 0 Å². The minimum Gasteiger partial charge on any atom is -0.494 e. The van der Waals surface area contributed by atoms with E-state index in [0.29, 0.717) is 28.9 Å². The molecule has 4 rings (SSSR count). The summed E-state index contributed by atoms with van der Waals surface area (Å²) in [5.74, 6) is 0.477. The minimum atomic E-state index is -0.941. The number of nitrogens with two attached hydrogens (primary N) is 1. The normalized spacial score (nSPS) is 18.2. The number of anilines is 1. The predicted octanol–water partition coefficient (Wildman–Crippen LogP) is 3.13. The lowest BCUT2D eigenvalue weighted by atomic mass is 9.97. The van der Waals surface area contributed by atoms with Gasteiger partial charge in [-0.25, -0.2) is 14.4 Å². The van der Waals surface area contributed by atoms with Crippen molar-refractivity contribution in [3.8, 4) is 5.75 Å². The molecule has 0 saturated carbocycles. The number of aliphatic hydroxyl groups is 1. The molecule has 2 atom stereocenters. The fraction of sp³-hybridized carbons (Fsp3) is 0.500. The molecule has 0 bridgehead atoms. The number of benzene rings is 1. The Bertz CT molecular complexity index is 1280. The van der Waals surface area contributed by atoms with E-state index in [-0.39, 0.29) is 23.7 Å². The second-order valence-corrected chi connectivity index (χ2v) is 9.59. The summed E-state index contributed by atoms with van der Waals surface area (Å²) in [6.07, 6.45) is 3.77. The van der Waals surface area contributed by atoms with Crippen molar-refractivity contribution >= 4 is 29.2 Å². The number of allylic oxidation sites excluding steroid dienone is 1. The lowest BCUT2D eigenvalue weighted by Crippen LogP contribution is -2.43. The Morgan fingerprint density at radius 3 is 2.83 bits per heavy atom. The van der Waals surface area contributed by atoms with Crippen LogP contribution in [0.1, 0.15) is 52.3 Å². The van der Waals surface area contributed by atoms with Gasteiger partial charge in [0.25, 0.3) is 0 Å². The van der Waals surface area contributed by atoms with E-state index in [0.717, 1.165) is 25.1 Å². The van der Waals surface area contributed by atoms with Crippen LogP contribution >= 0.6 is 0 Å². The summed E-state index contributed by atoms with van der Waals surface area (Å²) in [5.41, 5.74) is 7.18. The van der Waals surface area contributed by atoms with Gasteiger partial charge in [0.2, 0.25) is 5.95 Å². The molecule has 0 radical (unpaired) electrons. The molecule has 3 N–H and O–H groups in total. The first-order valence-corrected chi connectivity index (χ1v) is 11.6. The third kappa shape index (κ3) is 4.72. The second kappa shape index (κ2) is 9.29. The molecular weight excluding hydrogens is 451 g/mol. The fourth-order valence-electron chi connectivity index (χ4n) is 4.36. The molecule has 3 heterocycles. The maximum absolute atomic E-state index is 14.4. The number of rotatable bonds is 7. The number of hydrogen-bond acceptors (Lipinski definition) is 9. The minimum absolute atomic E-state index is 0.0568. The van der Waals surface area contributed by atoms with Crippen molar-refractivity contribution in [3.63, 3.8) is 0 Å². The van der Waals surface area contributed by atoms with E-state index in [1.165, 1.54) is 23.8 Å². The number of fused-ring (bicyclic) bond motifs is 3. The van der Waals surface area contributed by atoms with Crippen LogP contribution in [0.25, 0.3) is 16.6 Å². The Kier molecular flexibility index (Phi) is 6.54. The summed E-state index contributed by atoms with van der Waals surface area (Å²) in [5, 5.41) is 21.3. The van der Waals surface area contributed by atoms with Crippen molar-refractivity contribution in [3.05, 3.63) is 35.7 Å². The lowest BCUT2D eigenvalue weighted by molar-refractivity contribution is 0.00541. The monoisotopic (exact) mass is 484 g/mol. The van der Waals surface area contributed by atoms with Gasteiger partial charge in [-0.1, -0.05) is 0 Å². The first-order chi connectivity index (χ1) is 16.5. The highest BCUT2D eigenvalue weighted by Crippen LogP contribution is 2.31. The number of hydrogen-bond donors (Lipinski definition) is 2. The van der Waals surface area contributed by atoms with Gasteiger partial charge in [0.05, 0.1) is 24.3 Å². The van der Waals surface area contributed by atoms with Crippen LogP contribution in [0, 0.1) is 5.82 Å². The SMILES string of the molecule is C=NN(/C=C(\C)N1CCC[C@@H](c2nc3c4cc(F)c(OC)cc4nc(N)n3n2)C1)[C@@H](C)C(C)(C)O. The van der Waals surface area contributed by atoms with E-state index >= 15 is 0 Å². The van der Waals surface area contributed by atoms with Crippen LogP contribution < -0.4 is 10.5 Å². The maximum Gasteiger partial charge on any atom is 0.223 e. The summed E-state index contributed by atoms with van der Waals surface area (Å²) in [4.78, 5) is 11.4. The number of likely N-dealkylation sites (tertiary alicyclic amines) is 1. The van der Waals surface area contributed by atoms with Crippen molar-refractivity contribution in [2.75, 3.05) is 25.9 Å². The van der Waals surface area contributed by atoms with Crippen molar-refractivity contribution < 1.29 is 14.2 Å². The van der Waals surface area contributed by atoms with Gasteiger partial charge < -0.3 is 20.5 Å². The topological polar surface area (TPSA) is 117 Å². The number of hydrazone groups is 1. The molecule has 0 aliphatic carbocycles. The van der Waals surface area contributed by atoms with Crippen LogP contribution in [0.15, 0.2) is 29.1 Å². The van der Waals surface area contributed by atoms with Crippen molar-refractivity contribution in [2.45, 2.75) is 58.1 Å². The largest absolute Gasteiger partial charge is 0.494 e. The number of halogens is 1. The molecule has 0 unspecified atom stereocenters. The van der Waals surface area contributed by atoms with Gasteiger partial charge in [-0.2, -0.15) is 9.62 Å². The molecule has 3 aromatic rings. The molecule has 10 nitrogen and oxygen atoms in total. The molecule has 0 spiro atoms. The smallest absolute Gasteiger partial charge is 0.223 e. The lowest BCUT2D eigenvalue weighted by Gasteiger charge is -2.36. The molecule has 1 fully saturated rings. The molecule has 1 aromatic carbocycles. The van der Waals surface area contributed by atoms with Gasteiger partial charge >= 0.3 is 0 Å². The molecule has 35 heavy (non-hydrogen) atoms. The third-order valence-electron chi connectivity index (χ3n) is 6.77. The predicted molar refractivity (Wildman–Crippen MR) is 134 cm³/mol. The second-order valence-electron chi connectivity index (χ2n) is 9.59. The quantitative estimate of drug-likeness (QED) is 0.388. The summed E-state index contributed by atoms with van der Waals surface area (Å²) in [6.45, 7) is 12.7. The fourth-order valence-corrected chi connectivity index (χ4v) is 4.36. The molecular formula is C24H33FN8O2. The summed E-state index contributed by atoms with van der Waals surface area (Å²) in [6, 6.07) is 2.62. The highest BCUT2D eigenvalue weighted by atomic mass is 19.1. The first kappa shape index (κ1) is 24.6. The van der Waals surface area contributed by atoms with Crippen LogP contribution in [-0.4, -0.2) is 73.2 Å². The highest BCUT2D eigenvalue weighted by Gasteiger charge is 2.29. The Labute approximate surface area is 203 Å². The Morgan fingerprint density at radius 1 is 1.43 bits per heavy atom. The van der Waals surface area contributed by atoms with Crippen molar-refractivity contribution in [2.24, 2.45) is 5.10 Å². The number of nitrogens with zero attached hydrogens (tertiary/aromatic N) is 7. The molecule has 1 aliphatic rings. The Morgan fingerprint density at radius 2 is 2.17 bits per heavy atom. The van der Waals surface area contributed by atoms with Gasteiger partial charge in [0.15, 0.2) is 23.0 Å². The van der Waals surface area contributed by atoms with Gasteiger partial charge in [-0.3, -0.25) is 5.01 Å². The van der Waals surface area contributed by atoms with Crippen LogP contribution in [0.2, 0.25) is 0 Å². The molecule has 2 aromatic heterocycles. The standard InChI is InChI=1S/C24H33FN8O2/c1-14(12-32(27-5)15(2)24(3,4)34)31-9-7-8-16(13-31)21-29-22-17-10-18(25)20(35-6)11-19(17)28-23(26)33(22)30-21/h10-12,15-16,34H,5,7-9,13H2,1-4,6H3,(H2,26,28)/b14-12+/t15-,16+/m0/s1. The zero-order chi connectivity index (χ0) is 25.5.